The highest BCUT2D eigenvalue weighted by atomic mass is 35.5. The Labute approximate surface area is 122 Å². The number of hydrogen-bond donors (Lipinski definition) is 1. The van der Waals surface area contributed by atoms with Gasteiger partial charge >= 0.3 is 5.97 Å². The Morgan fingerprint density at radius 3 is 2.75 bits per heavy atom. The number of hydrogen-bond acceptors (Lipinski definition) is 4. The van der Waals surface area contributed by atoms with E-state index in [9.17, 15) is 9.18 Å². The number of nitrogens with two attached hydrogens (primary N) is 1. The molecule has 0 bridgehead atoms. The first-order valence-electron chi connectivity index (χ1n) is 6.05. The summed E-state index contributed by atoms with van der Waals surface area (Å²) in [7, 11) is 0. The lowest BCUT2D eigenvalue weighted by Crippen LogP contribution is -2.32. The van der Waals surface area contributed by atoms with Crippen LogP contribution in [0.25, 0.3) is 10.9 Å². The fourth-order valence-corrected chi connectivity index (χ4v) is 1.79. The molecule has 2 aromatic rings. The smallest absolute Gasteiger partial charge is 0.342 e. The van der Waals surface area contributed by atoms with Crippen LogP contribution in [0.5, 0.6) is 0 Å². The Morgan fingerprint density at radius 2 is 2.05 bits per heavy atom. The van der Waals surface area contributed by atoms with Gasteiger partial charge in [0.25, 0.3) is 0 Å². The first-order valence-corrected chi connectivity index (χ1v) is 6.05. The van der Waals surface area contributed by atoms with E-state index in [1.165, 1.54) is 0 Å². The van der Waals surface area contributed by atoms with Gasteiger partial charge in [-0.15, -0.1) is 12.4 Å². The number of carbonyl (C=O) groups is 1. The summed E-state index contributed by atoms with van der Waals surface area (Å²) < 4.78 is 18.4. The van der Waals surface area contributed by atoms with Gasteiger partial charge in [-0.3, -0.25) is 4.98 Å². The van der Waals surface area contributed by atoms with Crippen molar-refractivity contribution in [2.45, 2.75) is 19.1 Å². The van der Waals surface area contributed by atoms with E-state index in [4.69, 9.17) is 5.73 Å². The molecule has 1 heterocycles. The summed E-state index contributed by atoms with van der Waals surface area (Å²) in [6.45, 7) is 1.74. The number of alkyl halides is 1. The zero-order chi connectivity index (χ0) is 13.8. The van der Waals surface area contributed by atoms with Gasteiger partial charge in [-0.2, -0.15) is 0 Å². The lowest BCUT2D eigenvalue weighted by atomic mass is 10.1. The number of para-hydroxylation sites is 1. The number of esters is 1. The van der Waals surface area contributed by atoms with Crippen molar-refractivity contribution >= 4 is 29.3 Å². The molecular formula is C14H16ClFN2O2. The summed E-state index contributed by atoms with van der Waals surface area (Å²) in [5.74, 6) is -0.954. The number of halogens is 2. The Hall–Kier alpha value is -1.72. The number of fused-ring (bicyclic) bond motifs is 1. The Bertz CT molecular complexity index is 594. The van der Waals surface area contributed by atoms with Crippen LogP contribution in [0, 0.1) is 0 Å². The van der Waals surface area contributed by atoms with E-state index < -0.39 is 18.2 Å². The number of carbonyl (C=O) groups excluding carboxylic acids is 1. The molecule has 1 aromatic heterocycles. The predicted molar refractivity (Wildman–Crippen MR) is 77.4 cm³/mol. The predicted octanol–water partition coefficient (Wildman–Crippen LogP) is 2.56. The van der Waals surface area contributed by atoms with E-state index in [-0.39, 0.29) is 19.0 Å². The van der Waals surface area contributed by atoms with Gasteiger partial charge in [0.15, 0.2) is 0 Å². The minimum absolute atomic E-state index is 0. The molecule has 0 fully saturated rings. The summed E-state index contributed by atoms with van der Waals surface area (Å²) in [6, 6.07) is 9.74. The average molecular weight is 299 g/mol. The topological polar surface area (TPSA) is 65.2 Å². The van der Waals surface area contributed by atoms with Crippen molar-refractivity contribution in [1.82, 2.24) is 4.98 Å². The van der Waals surface area contributed by atoms with Crippen molar-refractivity contribution in [1.29, 1.82) is 0 Å². The molecule has 1 aromatic carbocycles. The van der Waals surface area contributed by atoms with Crippen LogP contribution in [0.1, 0.15) is 18.7 Å². The SMILES string of the molecule is CCOC(=O)C(F)[C@H](N)c1ccc2ccccc2n1.Cl. The zero-order valence-corrected chi connectivity index (χ0v) is 11.8. The first kappa shape index (κ1) is 16.3. The molecule has 2 N–H and O–H groups in total. The molecule has 0 radical (unpaired) electrons. The van der Waals surface area contributed by atoms with Gasteiger partial charge in [0, 0.05) is 5.39 Å². The fraction of sp³-hybridized carbons (Fsp3) is 0.286. The van der Waals surface area contributed by atoms with Crippen LogP contribution in [0.4, 0.5) is 4.39 Å². The van der Waals surface area contributed by atoms with Crippen molar-refractivity contribution in [3.63, 3.8) is 0 Å². The number of aromatic nitrogens is 1. The lowest BCUT2D eigenvalue weighted by Gasteiger charge is -2.15. The Balaban J connectivity index is 0.00000200. The van der Waals surface area contributed by atoms with Crippen LogP contribution in [0.2, 0.25) is 0 Å². The maximum absolute atomic E-state index is 13.8. The van der Waals surface area contributed by atoms with Gasteiger partial charge in [-0.1, -0.05) is 24.3 Å². The van der Waals surface area contributed by atoms with Crippen molar-refractivity contribution in [3.05, 3.63) is 42.1 Å². The second kappa shape index (κ2) is 7.17. The average Bonchev–Trinajstić information content (AvgIpc) is 2.45. The number of pyridine rings is 1. The molecule has 20 heavy (non-hydrogen) atoms. The van der Waals surface area contributed by atoms with E-state index in [1.54, 1.807) is 19.1 Å². The van der Waals surface area contributed by atoms with E-state index in [2.05, 4.69) is 9.72 Å². The van der Waals surface area contributed by atoms with Gasteiger partial charge in [0.1, 0.15) is 0 Å². The van der Waals surface area contributed by atoms with E-state index in [0.29, 0.717) is 11.2 Å². The lowest BCUT2D eigenvalue weighted by molar-refractivity contribution is -0.150. The Kier molecular flexibility index (Phi) is 5.85. The van der Waals surface area contributed by atoms with Gasteiger partial charge < -0.3 is 10.5 Å². The third-order valence-corrected chi connectivity index (χ3v) is 2.79. The van der Waals surface area contributed by atoms with Gasteiger partial charge in [0.05, 0.1) is 23.9 Å². The third-order valence-electron chi connectivity index (χ3n) is 2.79. The van der Waals surface area contributed by atoms with Gasteiger partial charge in [0.2, 0.25) is 6.17 Å². The number of rotatable bonds is 4. The van der Waals surface area contributed by atoms with Crippen LogP contribution in [0.3, 0.4) is 0 Å². The molecule has 0 aliphatic rings. The zero-order valence-electron chi connectivity index (χ0n) is 11.0. The highest BCUT2D eigenvalue weighted by Crippen LogP contribution is 2.19. The van der Waals surface area contributed by atoms with E-state index in [0.717, 1.165) is 5.39 Å². The molecule has 2 atom stereocenters. The van der Waals surface area contributed by atoms with Crippen molar-refractivity contribution < 1.29 is 13.9 Å². The molecular weight excluding hydrogens is 283 g/mol. The molecule has 0 spiro atoms. The third kappa shape index (κ3) is 3.43. The summed E-state index contributed by atoms with van der Waals surface area (Å²) in [5.41, 5.74) is 6.77. The molecule has 6 heteroatoms. The molecule has 1 unspecified atom stereocenters. The molecule has 0 amide bonds. The summed E-state index contributed by atoms with van der Waals surface area (Å²) in [6.07, 6.45) is -1.91. The highest BCUT2D eigenvalue weighted by molar-refractivity contribution is 5.85. The Morgan fingerprint density at radius 1 is 1.35 bits per heavy atom. The quantitative estimate of drug-likeness (QED) is 0.881. The largest absolute Gasteiger partial charge is 0.464 e. The minimum atomic E-state index is -1.91. The van der Waals surface area contributed by atoms with Crippen molar-refractivity contribution in [2.24, 2.45) is 5.73 Å². The number of nitrogens with zero attached hydrogens (tertiary/aromatic N) is 1. The van der Waals surface area contributed by atoms with Crippen LogP contribution >= 0.6 is 12.4 Å². The van der Waals surface area contributed by atoms with Crippen LogP contribution in [-0.4, -0.2) is 23.7 Å². The van der Waals surface area contributed by atoms with Crippen molar-refractivity contribution in [3.8, 4) is 0 Å². The maximum Gasteiger partial charge on any atom is 0.342 e. The maximum atomic E-state index is 13.8. The van der Waals surface area contributed by atoms with E-state index >= 15 is 0 Å². The van der Waals surface area contributed by atoms with Gasteiger partial charge in [-0.05, 0) is 19.1 Å². The van der Waals surface area contributed by atoms with Crippen LogP contribution in [0.15, 0.2) is 36.4 Å². The van der Waals surface area contributed by atoms with Gasteiger partial charge in [-0.25, -0.2) is 9.18 Å². The molecule has 0 saturated heterocycles. The molecule has 4 nitrogen and oxygen atoms in total. The second-order valence-corrected chi connectivity index (χ2v) is 4.11. The normalized spacial score (nSPS) is 13.3. The summed E-state index contributed by atoms with van der Waals surface area (Å²) >= 11 is 0. The van der Waals surface area contributed by atoms with Crippen LogP contribution < -0.4 is 5.73 Å². The first-order chi connectivity index (χ1) is 9.13. The molecule has 108 valence electrons. The second-order valence-electron chi connectivity index (χ2n) is 4.11. The monoisotopic (exact) mass is 298 g/mol. The highest BCUT2D eigenvalue weighted by Gasteiger charge is 2.28. The van der Waals surface area contributed by atoms with E-state index in [1.807, 2.05) is 24.3 Å². The summed E-state index contributed by atoms with van der Waals surface area (Å²) in [5, 5.41) is 0.935. The number of ether oxygens (including phenoxy) is 1. The molecule has 0 aliphatic carbocycles. The van der Waals surface area contributed by atoms with Crippen LogP contribution in [-0.2, 0) is 9.53 Å². The molecule has 0 aliphatic heterocycles. The minimum Gasteiger partial charge on any atom is -0.464 e. The summed E-state index contributed by atoms with van der Waals surface area (Å²) in [4.78, 5) is 15.6. The number of benzene rings is 1. The fourth-order valence-electron chi connectivity index (χ4n) is 1.79. The standard InChI is InChI=1S/C14H15FN2O2.ClH/c1-2-19-14(18)12(15)13(16)11-8-7-9-5-3-4-6-10(9)17-11;/h3-8,12-13H,2,16H2,1H3;1H/t12?,13-;/m1./s1. The molecule has 0 saturated carbocycles. The van der Waals surface area contributed by atoms with Crippen molar-refractivity contribution in [2.75, 3.05) is 6.61 Å². The molecule has 2 rings (SSSR count).